The van der Waals surface area contributed by atoms with Crippen molar-refractivity contribution < 1.29 is 13.9 Å². The molecule has 5 nitrogen and oxygen atoms in total. The van der Waals surface area contributed by atoms with Gasteiger partial charge >= 0.3 is 0 Å². The van der Waals surface area contributed by atoms with Crippen molar-refractivity contribution in [1.82, 2.24) is 15.4 Å². The lowest BCUT2D eigenvalue weighted by Gasteiger charge is -2.03. The minimum atomic E-state index is -0.352. The molecule has 0 atom stereocenters. The normalized spacial score (nSPS) is 10.5. The number of halogens is 1. The fraction of sp³-hybridized carbons (Fsp3) is 0.0625. The molecule has 110 valence electrons. The highest BCUT2D eigenvalue weighted by Gasteiger charge is 2.19. The van der Waals surface area contributed by atoms with Gasteiger partial charge in [0.05, 0.1) is 7.11 Å². The molecule has 0 aliphatic rings. The maximum atomic E-state index is 13.0. The van der Waals surface area contributed by atoms with Crippen LogP contribution in [0.3, 0.4) is 0 Å². The largest absolute Gasteiger partial charge is 0.497 e. The molecule has 1 N–H and O–H groups in total. The highest BCUT2D eigenvalue weighted by molar-refractivity contribution is 6.10. The summed E-state index contributed by atoms with van der Waals surface area (Å²) >= 11 is 0. The number of hydrogen-bond acceptors (Lipinski definition) is 4. The third kappa shape index (κ3) is 2.58. The molecule has 0 aliphatic heterocycles. The summed E-state index contributed by atoms with van der Waals surface area (Å²) in [5.41, 5.74) is 1.67. The maximum absolute atomic E-state index is 13.0. The summed E-state index contributed by atoms with van der Waals surface area (Å²) < 4.78 is 18.1. The van der Waals surface area contributed by atoms with Crippen molar-refractivity contribution in [1.29, 1.82) is 0 Å². The topological polar surface area (TPSA) is 67.9 Å². The van der Waals surface area contributed by atoms with Crippen molar-refractivity contribution in [3.8, 4) is 17.0 Å². The molecule has 0 saturated heterocycles. The molecule has 6 heteroatoms. The molecule has 0 amide bonds. The molecule has 3 rings (SSSR count). The number of aromatic amines is 1. The number of hydrogen-bond donors (Lipinski definition) is 1. The van der Waals surface area contributed by atoms with E-state index in [4.69, 9.17) is 4.74 Å². The first-order valence-corrected chi connectivity index (χ1v) is 6.54. The van der Waals surface area contributed by atoms with Gasteiger partial charge in [-0.15, -0.1) is 0 Å². The number of ether oxygens (including phenoxy) is 1. The SMILES string of the molecule is COc1ccc(C(=O)c2n[nH]nc2-c2ccc(F)cc2)cc1. The van der Waals surface area contributed by atoms with Crippen molar-refractivity contribution >= 4 is 5.78 Å². The minimum Gasteiger partial charge on any atom is -0.497 e. The van der Waals surface area contributed by atoms with Crippen LogP contribution in [0.15, 0.2) is 48.5 Å². The third-order valence-electron chi connectivity index (χ3n) is 3.23. The average Bonchev–Trinajstić information content (AvgIpc) is 3.04. The predicted molar refractivity (Wildman–Crippen MR) is 78.2 cm³/mol. The zero-order chi connectivity index (χ0) is 15.5. The first kappa shape index (κ1) is 13.9. The van der Waals surface area contributed by atoms with E-state index in [-0.39, 0.29) is 17.3 Å². The Morgan fingerprint density at radius 3 is 2.36 bits per heavy atom. The molecule has 1 heterocycles. The lowest BCUT2D eigenvalue weighted by molar-refractivity contribution is 0.103. The third-order valence-corrected chi connectivity index (χ3v) is 3.23. The van der Waals surface area contributed by atoms with Gasteiger partial charge < -0.3 is 4.74 Å². The van der Waals surface area contributed by atoms with Crippen molar-refractivity contribution in [2.45, 2.75) is 0 Å². The fourth-order valence-corrected chi connectivity index (χ4v) is 2.08. The van der Waals surface area contributed by atoms with Crippen LogP contribution >= 0.6 is 0 Å². The van der Waals surface area contributed by atoms with E-state index >= 15 is 0 Å². The van der Waals surface area contributed by atoms with Crippen LogP contribution in [-0.2, 0) is 0 Å². The van der Waals surface area contributed by atoms with Crippen LogP contribution in [-0.4, -0.2) is 28.3 Å². The van der Waals surface area contributed by atoms with Crippen molar-refractivity contribution in [2.24, 2.45) is 0 Å². The van der Waals surface area contributed by atoms with E-state index in [1.807, 2.05) is 0 Å². The van der Waals surface area contributed by atoms with Crippen LogP contribution < -0.4 is 4.74 Å². The van der Waals surface area contributed by atoms with Crippen LogP contribution in [0.25, 0.3) is 11.3 Å². The van der Waals surface area contributed by atoms with Gasteiger partial charge in [0.25, 0.3) is 0 Å². The summed E-state index contributed by atoms with van der Waals surface area (Å²) in [5.74, 6) is 0.0430. The molecule has 22 heavy (non-hydrogen) atoms. The molecule has 0 bridgehead atoms. The second-order valence-corrected chi connectivity index (χ2v) is 4.59. The number of methoxy groups -OCH3 is 1. The molecular weight excluding hydrogens is 285 g/mol. The number of rotatable bonds is 4. The van der Waals surface area contributed by atoms with E-state index in [0.29, 0.717) is 22.6 Å². The second kappa shape index (κ2) is 5.77. The standard InChI is InChI=1S/C16H12FN3O2/c1-22-13-8-4-11(5-9-13)16(21)15-14(18-20-19-15)10-2-6-12(17)7-3-10/h2-9H,1H3,(H,18,19,20). The van der Waals surface area contributed by atoms with Gasteiger partial charge in [-0.1, -0.05) is 0 Å². The van der Waals surface area contributed by atoms with E-state index in [9.17, 15) is 9.18 Å². The highest BCUT2D eigenvalue weighted by Crippen LogP contribution is 2.23. The minimum absolute atomic E-state index is 0.191. The van der Waals surface area contributed by atoms with Crippen LogP contribution in [0.1, 0.15) is 16.1 Å². The molecule has 1 aromatic heterocycles. The molecule has 0 spiro atoms. The monoisotopic (exact) mass is 297 g/mol. The smallest absolute Gasteiger partial charge is 0.215 e. The van der Waals surface area contributed by atoms with Gasteiger partial charge in [-0.3, -0.25) is 4.79 Å². The lowest BCUT2D eigenvalue weighted by atomic mass is 10.0. The molecule has 0 radical (unpaired) electrons. The van der Waals surface area contributed by atoms with E-state index in [1.165, 1.54) is 12.1 Å². The number of aromatic nitrogens is 3. The predicted octanol–water partition coefficient (Wildman–Crippen LogP) is 2.85. The lowest BCUT2D eigenvalue weighted by Crippen LogP contribution is -2.04. The Kier molecular flexibility index (Phi) is 3.65. The Bertz CT molecular complexity index is 795. The molecule has 0 aliphatic carbocycles. The molecule has 0 unspecified atom stereocenters. The van der Waals surface area contributed by atoms with Crippen LogP contribution in [0.2, 0.25) is 0 Å². The summed E-state index contributed by atoms with van der Waals surface area (Å²) in [4.78, 5) is 12.5. The first-order valence-electron chi connectivity index (χ1n) is 6.54. The molecule has 0 fully saturated rings. The quantitative estimate of drug-likeness (QED) is 0.752. The Morgan fingerprint density at radius 1 is 1.05 bits per heavy atom. The number of nitrogens with one attached hydrogen (secondary N) is 1. The maximum Gasteiger partial charge on any atom is 0.215 e. The van der Waals surface area contributed by atoms with E-state index < -0.39 is 0 Å². The molecule has 2 aromatic carbocycles. The van der Waals surface area contributed by atoms with Gasteiger partial charge in [0, 0.05) is 11.1 Å². The Balaban J connectivity index is 1.96. The fourth-order valence-electron chi connectivity index (χ4n) is 2.08. The number of nitrogens with zero attached hydrogens (tertiary/aromatic N) is 2. The number of benzene rings is 2. The number of H-pyrrole nitrogens is 1. The Hall–Kier alpha value is -3.02. The molecular formula is C16H12FN3O2. The van der Waals surface area contributed by atoms with Crippen molar-refractivity contribution in [3.63, 3.8) is 0 Å². The number of carbonyl (C=O) groups excluding carboxylic acids is 1. The van der Waals surface area contributed by atoms with E-state index in [0.717, 1.165) is 0 Å². The van der Waals surface area contributed by atoms with Crippen LogP contribution in [0.5, 0.6) is 5.75 Å². The molecule has 3 aromatic rings. The Morgan fingerprint density at radius 2 is 1.73 bits per heavy atom. The molecule has 0 saturated carbocycles. The van der Waals surface area contributed by atoms with Crippen molar-refractivity contribution in [2.75, 3.05) is 7.11 Å². The first-order chi connectivity index (χ1) is 10.7. The van der Waals surface area contributed by atoms with Crippen LogP contribution in [0.4, 0.5) is 4.39 Å². The van der Waals surface area contributed by atoms with E-state index in [2.05, 4.69) is 15.4 Å². The number of ketones is 1. The highest BCUT2D eigenvalue weighted by atomic mass is 19.1. The summed E-state index contributed by atoms with van der Waals surface area (Å²) in [6.45, 7) is 0. The zero-order valence-corrected chi connectivity index (χ0v) is 11.7. The van der Waals surface area contributed by atoms with Gasteiger partial charge in [-0.05, 0) is 48.5 Å². The zero-order valence-electron chi connectivity index (χ0n) is 11.7. The van der Waals surface area contributed by atoms with Gasteiger partial charge in [-0.2, -0.15) is 15.4 Å². The summed E-state index contributed by atoms with van der Waals surface area (Å²) in [5, 5.41) is 10.4. The van der Waals surface area contributed by atoms with Gasteiger partial charge in [0.2, 0.25) is 5.78 Å². The second-order valence-electron chi connectivity index (χ2n) is 4.59. The average molecular weight is 297 g/mol. The van der Waals surface area contributed by atoms with Gasteiger partial charge in [0.1, 0.15) is 17.3 Å². The summed E-state index contributed by atoms with van der Waals surface area (Å²) in [7, 11) is 1.56. The van der Waals surface area contributed by atoms with Gasteiger partial charge in [0.15, 0.2) is 5.69 Å². The van der Waals surface area contributed by atoms with Crippen LogP contribution in [0, 0.1) is 5.82 Å². The summed E-state index contributed by atoms with van der Waals surface area (Å²) in [6, 6.07) is 12.4. The number of carbonyl (C=O) groups is 1. The summed E-state index contributed by atoms with van der Waals surface area (Å²) in [6.07, 6.45) is 0. The van der Waals surface area contributed by atoms with Gasteiger partial charge in [-0.25, -0.2) is 4.39 Å². The van der Waals surface area contributed by atoms with Crippen molar-refractivity contribution in [3.05, 3.63) is 65.6 Å². The Labute approximate surface area is 125 Å². The van der Waals surface area contributed by atoms with E-state index in [1.54, 1.807) is 43.5 Å².